The van der Waals surface area contributed by atoms with Gasteiger partial charge in [-0.25, -0.2) is 0 Å². The second kappa shape index (κ2) is 4.88. The summed E-state index contributed by atoms with van der Waals surface area (Å²) in [6.45, 7) is -0.107. The van der Waals surface area contributed by atoms with Crippen molar-refractivity contribution < 1.29 is 14.6 Å². The topological polar surface area (TPSA) is 38.7 Å². The van der Waals surface area contributed by atoms with Gasteiger partial charge < -0.3 is 14.6 Å². The van der Waals surface area contributed by atoms with Crippen LogP contribution in [0.1, 0.15) is 0 Å². The molecule has 0 unspecified atom stereocenters. The van der Waals surface area contributed by atoms with Crippen LogP contribution in [0.15, 0.2) is 0 Å². The van der Waals surface area contributed by atoms with Gasteiger partial charge in [-0.2, -0.15) is 0 Å². The van der Waals surface area contributed by atoms with E-state index in [2.05, 4.69) is 9.47 Å². The molecule has 1 N–H and O–H groups in total. The Balaban J connectivity index is 2.34. The highest BCUT2D eigenvalue weighted by Crippen LogP contribution is 1.66. The number of methoxy groups -OCH3 is 1. The number of ether oxygens (including phenoxy) is 2. The highest BCUT2D eigenvalue weighted by Gasteiger charge is 1.72. The van der Waals surface area contributed by atoms with Gasteiger partial charge in [-0.05, 0) is 0 Å². The molecule has 0 spiro atoms. The molecule has 0 saturated heterocycles. The van der Waals surface area contributed by atoms with Crippen molar-refractivity contribution in [2.45, 2.75) is 0 Å². The fourth-order valence-corrected chi connectivity index (χ4v) is 0.121. The normalized spacial score (nSPS) is 9.00. The van der Waals surface area contributed by atoms with Crippen LogP contribution in [0.2, 0.25) is 0 Å². The quantitative estimate of drug-likeness (QED) is 0.293. The molecule has 0 radical (unpaired) electrons. The zero-order chi connectivity index (χ0) is 4.83. The van der Waals surface area contributed by atoms with Crippen LogP contribution in [0, 0.1) is 0 Å². The predicted molar refractivity (Wildman–Crippen MR) is 20.0 cm³/mol. The number of aliphatic hydroxyl groups excluding tert-OH is 1. The lowest BCUT2D eigenvalue weighted by molar-refractivity contribution is -0.0931. The summed E-state index contributed by atoms with van der Waals surface area (Å²) in [6, 6.07) is 0. The molecule has 3 nitrogen and oxygen atoms in total. The maximum Gasteiger partial charge on any atom is 0.149 e. The highest BCUT2D eigenvalue weighted by atomic mass is 16.8. The standard InChI is InChI=1S/C3H8O3/c1-5-3-6-2-4/h4H,2-3H2,1H3/i1+1,2+1,3+1. The minimum absolute atomic E-state index is 0.163. The molecule has 0 aliphatic carbocycles. The molecule has 0 atom stereocenters. The van der Waals surface area contributed by atoms with Gasteiger partial charge in [0.25, 0.3) is 0 Å². The molecule has 6 heavy (non-hydrogen) atoms. The van der Waals surface area contributed by atoms with E-state index in [4.69, 9.17) is 5.11 Å². The van der Waals surface area contributed by atoms with E-state index in [1.54, 1.807) is 0 Å². The molecule has 0 saturated carbocycles. The van der Waals surface area contributed by atoms with E-state index in [1.165, 1.54) is 7.11 Å². The molecule has 0 aromatic heterocycles. The average molecular weight is 95.1 g/mol. The molecule has 3 heteroatoms. The number of aliphatic hydroxyl groups is 1. The Morgan fingerprint density at radius 2 is 2.33 bits per heavy atom. The summed E-state index contributed by atoms with van der Waals surface area (Å²) in [4.78, 5) is 0. The first-order chi connectivity index (χ1) is 2.91. The van der Waals surface area contributed by atoms with Crippen molar-refractivity contribution in [2.75, 3.05) is 20.7 Å². The molecule has 0 aromatic carbocycles. The van der Waals surface area contributed by atoms with Crippen molar-refractivity contribution in [3.8, 4) is 0 Å². The molecule has 0 fully saturated rings. The van der Waals surface area contributed by atoms with Gasteiger partial charge in [0.05, 0.1) is 0 Å². The van der Waals surface area contributed by atoms with Crippen LogP contribution in [0.3, 0.4) is 0 Å². The van der Waals surface area contributed by atoms with Crippen LogP contribution >= 0.6 is 0 Å². The Kier molecular flexibility index (Phi) is 4.78. The van der Waals surface area contributed by atoms with E-state index in [9.17, 15) is 0 Å². The lowest BCUT2D eigenvalue weighted by Gasteiger charge is -1.92. The van der Waals surface area contributed by atoms with E-state index in [-0.39, 0.29) is 13.6 Å². The fourth-order valence-electron chi connectivity index (χ4n) is 0.121. The maximum atomic E-state index is 7.90. The summed E-state index contributed by atoms with van der Waals surface area (Å²) in [5.41, 5.74) is 0. The largest absolute Gasteiger partial charge is 0.371 e. The average Bonchev–Trinajstić information content (AvgIpc) is 1.61. The summed E-state index contributed by atoms with van der Waals surface area (Å²) in [5.74, 6) is 0. The van der Waals surface area contributed by atoms with E-state index >= 15 is 0 Å². The van der Waals surface area contributed by atoms with Crippen molar-refractivity contribution in [1.82, 2.24) is 0 Å². The third-order valence-electron chi connectivity index (χ3n) is 0.292. The smallest absolute Gasteiger partial charge is 0.149 e. The molecular weight excluding hydrogens is 87.0 g/mol. The van der Waals surface area contributed by atoms with Crippen LogP contribution < -0.4 is 0 Å². The van der Waals surface area contributed by atoms with E-state index in [0.29, 0.717) is 0 Å². The SMILES string of the molecule is [13CH3]O[13CH2]O[13CH2]O. The molecule has 0 amide bonds. The van der Waals surface area contributed by atoms with Gasteiger partial charge in [-0.3, -0.25) is 0 Å². The third-order valence-corrected chi connectivity index (χ3v) is 0.292. The van der Waals surface area contributed by atoms with Crippen molar-refractivity contribution >= 4 is 0 Å². The molecule has 0 rings (SSSR count). The molecule has 0 aliphatic rings. The first-order valence-electron chi connectivity index (χ1n) is 1.59. The fraction of sp³-hybridized carbons (Fsp3) is 1.00. The van der Waals surface area contributed by atoms with Gasteiger partial charge in [0, 0.05) is 7.11 Å². The lowest BCUT2D eigenvalue weighted by atomic mass is 12.2. The molecule has 0 bridgehead atoms. The second-order valence-corrected chi connectivity index (χ2v) is 0.740. The van der Waals surface area contributed by atoms with Crippen molar-refractivity contribution in [3.63, 3.8) is 0 Å². The number of rotatable bonds is 3. The first kappa shape index (κ1) is 5.88. The van der Waals surface area contributed by atoms with E-state index in [0.717, 1.165) is 0 Å². The zero-order valence-electron chi connectivity index (χ0n) is 3.68. The van der Waals surface area contributed by atoms with Crippen molar-refractivity contribution in [1.29, 1.82) is 0 Å². The Morgan fingerprint density at radius 3 is 2.50 bits per heavy atom. The molecule has 0 aliphatic heterocycles. The Labute approximate surface area is 36.5 Å². The monoisotopic (exact) mass is 95.1 g/mol. The minimum Gasteiger partial charge on any atom is -0.371 e. The van der Waals surface area contributed by atoms with Crippen LogP contribution in [0.5, 0.6) is 0 Å². The summed E-state index contributed by atoms with van der Waals surface area (Å²) >= 11 is 0. The lowest BCUT2D eigenvalue weighted by Crippen LogP contribution is -1.95. The van der Waals surface area contributed by atoms with Crippen molar-refractivity contribution in [2.24, 2.45) is 0 Å². The maximum absolute atomic E-state index is 7.90. The van der Waals surface area contributed by atoms with Crippen molar-refractivity contribution in [3.05, 3.63) is 0 Å². The minimum atomic E-state index is -0.270. The number of hydrogen-bond donors (Lipinski definition) is 1. The molecular formula is C3H8O3. The predicted octanol–water partition coefficient (Wildman–Crippen LogP) is -0.443. The summed E-state index contributed by atoms with van der Waals surface area (Å²) in [5, 5.41) is 7.90. The van der Waals surface area contributed by atoms with Gasteiger partial charge in [-0.15, -0.1) is 0 Å². The number of hydrogen-bond acceptors (Lipinski definition) is 3. The Bertz CT molecular complexity index is 18.0. The van der Waals surface area contributed by atoms with Gasteiger partial charge in [0.1, 0.15) is 13.6 Å². The van der Waals surface area contributed by atoms with Crippen LogP contribution in [-0.4, -0.2) is 25.8 Å². The summed E-state index contributed by atoms with van der Waals surface area (Å²) < 4.78 is 8.72. The van der Waals surface area contributed by atoms with E-state index < -0.39 is 0 Å². The zero-order valence-corrected chi connectivity index (χ0v) is 3.68. The molecule has 0 heterocycles. The van der Waals surface area contributed by atoms with Crippen LogP contribution in [-0.2, 0) is 9.47 Å². The Morgan fingerprint density at radius 1 is 1.67 bits per heavy atom. The summed E-state index contributed by atoms with van der Waals surface area (Å²) in [7, 11) is 1.50. The molecule has 0 aromatic rings. The van der Waals surface area contributed by atoms with Crippen LogP contribution in [0.4, 0.5) is 0 Å². The van der Waals surface area contributed by atoms with Gasteiger partial charge in [-0.1, -0.05) is 0 Å². The van der Waals surface area contributed by atoms with E-state index in [1.807, 2.05) is 0 Å². The van der Waals surface area contributed by atoms with Crippen LogP contribution in [0.25, 0.3) is 0 Å². The Hall–Kier alpha value is -0.120. The third kappa shape index (κ3) is 3.88. The first-order valence-corrected chi connectivity index (χ1v) is 1.59. The molecule has 38 valence electrons. The second-order valence-electron chi connectivity index (χ2n) is 0.740. The van der Waals surface area contributed by atoms with Gasteiger partial charge >= 0.3 is 0 Å². The highest BCUT2D eigenvalue weighted by molar-refractivity contribution is 3.90. The van der Waals surface area contributed by atoms with Gasteiger partial charge in [0.2, 0.25) is 0 Å². The summed E-state index contributed by atoms with van der Waals surface area (Å²) in [6.07, 6.45) is 0. The van der Waals surface area contributed by atoms with Gasteiger partial charge in [0.15, 0.2) is 0 Å².